The Morgan fingerprint density at radius 1 is 0.0704 bits per heavy atom. The highest BCUT2D eigenvalue weighted by Crippen LogP contribution is 2.50. The predicted octanol–water partition coefficient (Wildman–Crippen LogP) is 39.4. The summed E-state index contributed by atoms with van der Waals surface area (Å²) in [5.74, 6) is 0. The molecule has 4 heteroatoms. The summed E-state index contributed by atoms with van der Waals surface area (Å²) in [6.07, 6.45) is 0. The number of fused-ring (bicyclic) bond motifs is 24. The van der Waals surface area contributed by atoms with Crippen molar-refractivity contribution in [2.24, 2.45) is 0 Å². The van der Waals surface area contributed by atoms with Gasteiger partial charge in [0.15, 0.2) is 0 Å². The smallest absolute Gasteiger partial charge is 0.0468 e. The van der Waals surface area contributed by atoms with Crippen LogP contribution in [0.4, 0.5) is 68.2 Å². The topological polar surface area (TPSA) is 13.0 Å². The molecule has 0 amide bonds. The Bertz CT molecular complexity index is 9040. The van der Waals surface area contributed by atoms with E-state index in [0.717, 1.165) is 90.5 Å². The van der Waals surface area contributed by atoms with E-state index in [9.17, 15) is 0 Å². The van der Waals surface area contributed by atoms with Crippen LogP contribution in [0.1, 0.15) is 0 Å². The number of benzene rings is 27. The van der Waals surface area contributed by atoms with Crippen LogP contribution in [-0.2, 0) is 0 Å². The van der Waals surface area contributed by atoms with Crippen LogP contribution in [0.5, 0.6) is 0 Å². The van der Waals surface area contributed by atoms with E-state index in [1.807, 2.05) is 0 Å². The van der Waals surface area contributed by atoms with E-state index in [-0.39, 0.29) is 0 Å². The number of nitrogens with zero attached hydrogens (tertiary/aromatic N) is 4. The predicted molar refractivity (Wildman–Crippen MR) is 609 cm³/mol. The number of rotatable bonds is 17. The van der Waals surface area contributed by atoms with E-state index < -0.39 is 0 Å². The highest BCUT2D eigenvalue weighted by molar-refractivity contribution is 6.30. The van der Waals surface area contributed by atoms with Gasteiger partial charge in [0.25, 0.3) is 0 Å². The third kappa shape index (κ3) is 15.2. The molecule has 0 bridgehead atoms. The quantitative estimate of drug-likeness (QED) is 0.0843. The van der Waals surface area contributed by atoms with Gasteiger partial charge in [-0.15, -0.1) is 0 Å². The Morgan fingerprint density at radius 2 is 0.176 bits per heavy atom. The van der Waals surface area contributed by atoms with Crippen molar-refractivity contribution < 1.29 is 0 Å². The molecule has 27 aromatic carbocycles. The highest BCUT2D eigenvalue weighted by Gasteiger charge is 2.24. The van der Waals surface area contributed by atoms with Crippen molar-refractivity contribution in [1.82, 2.24) is 0 Å². The Morgan fingerprint density at radius 3 is 0.331 bits per heavy atom. The first kappa shape index (κ1) is 83.8. The van der Waals surface area contributed by atoms with Gasteiger partial charge in [-0.3, -0.25) is 0 Å². The van der Waals surface area contributed by atoms with Crippen LogP contribution in [-0.4, -0.2) is 0 Å². The average Bonchev–Trinajstić information content (AvgIpc) is 0.747. The van der Waals surface area contributed by atoms with Crippen LogP contribution in [0.25, 0.3) is 185 Å². The van der Waals surface area contributed by atoms with E-state index in [4.69, 9.17) is 0 Å². The zero-order valence-corrected chi connectivity index (χ0v) is 77.9. The number of hydrogen-bond donors (Lipinski definition) is 0. The largest absolute Gasteiger partial charge is 0.310 e. The second-order valence-electron chi connectivity index (χ2n) is 36.9. The van der Waals surface area contributed by atoms with Gasteiger partial charge in [0, 0.05) is 68.2 Å². The van der Waals surface area contributed by atoms with E-state index >= 15 is 0 Å². The maximum atomic E-state index is 2.39. The summed E-state index contributed by atoms with van der Waals surface area (Å²) in [6, 6.07) is 204. The normalized spacial score (nSPS) is 11.5. The molecule has 0 aliphatic rings. The van der Waals surface area contributed by atoms with Crippen LogP contribution < -0.4 is 19.6 Å². The van der Waals surface area contributed by atoms with Gasteiger partial charge in [0.2, 0.25) is 0 Å². The van der Waals surface area contributed by atoms with Crippen molar-refractivity contribution in [2.45, 2.75) is 0 Å². The molecule has 0 aromatic heterocycles. The molecule has 27 aromatic rings. The van der Waals surface area contributed by atoms with Crippen molar-refractivity contribution in [3.63, 3.8) is 0 Å². The SMILES string of the molecule is c1ccc(-c2ccc(N(c3ccc(-c4ccc(N(c5ccc(-c6ccccc6)cc5)c5ccc6c7ccccc7c7ccccc7c6c5)cc4)cc3)c3ccc4c5ccccc5c5ccccc5c4c3)cc2)cc1.c1ccc(-c2ccc(N(c3ccc(-c4ccc(N(c5ccccc5)c5ccc6c7ccccc7c7ccccc7c6c5)cc4)cc3)c3ccc4c5ccccc5c5ccccc5c4c3)cc2)cc1. The van der Waals surface area contributed by atoms with E-state index in [1.54, 1.807) is 0 Å². The molecule has 0 saturated carbocycles. The molecular formula is C138H92N4. The van der Waals surface area contributed by atoms with Crippen molar-refractivity contribution >= 4 is 198 Å². The standard InChI is InChI=1S/C72H48N2.C66H44N2/c1-3-15-49(16-4-1)51-27-35-55(36-28-51)73(59-43-45-69-65-23-9-7-19-61(65)63-21-11-13-25-67(63)71(69)47-59)57-39-31-53(32-40-57)54-33-41-58(42-34-54)74(56-37-29-52(30-38-56)50-17-5-2-6-18-50)60-44-46-70-66-24-10-8-20-62(66)64-22-12-14-26-68(64)72(70)48-60;1-3-15-45(16-4-1)46-27-33-51(34-28-46)68(54-40-42-64-60-24-10-8-20-56(60)58-22-12-14-26-62(58)66(64)44-54)52-37-31-48(32-38-52)47-29-35-50(36-30-47)67(49-17-5-2-6-18-49)53-39-41-63-59-23-9-7-19-55(59)57-21-11-13-25-61(57)65(63)43-53/h1-48H;1-44H. The molecule has 664 valence electrons. The molecule has 0 atom stereocenters. The van der Waals surface area contributed by atoms with Crippen LogP contribution in [0, 0.1) is 0 Å². The highest BCUT2D eigenvalue weighted by atomic mass is 15.2. The zero-order chi connectivity index (χ0) is 93.9. The van der Waals surface area contributed by atoms with Crippen LogP contribution in [0.2, 0.25) is 0 Å². The number of anilines is 12. The fourth-order valence-electron chi connectivity index (χ4n) is 22.0. The lowest BCUT2D eigenvalue weighted by Gasteiger charge is -2.27. The Hall–Kier alpha value is -18.7. The van der Waals surface area contributed by atoms with Gasteiger partial charge in [-0.1, -0.05) is 413 Å². The molecule has 0 saturated heterocycles. The first-order valence-corrected chi connectivity index (χ1v) is 48.9. The summed E-state index contributed by atoms with van der Waals surface area (Å²) >= 11 is 0. The van der Waals surface area contributed by atoms with E-state index in [1.165, 1.54) is 163 Å². The van der Waals surface area contributed by atoms with Gasteiger partial charge in [0.1, 0.15) is 0 Å². The van der Waals surface area contributed by atoms with E-state index in [2.05, 4.69) is 578 Å². The van der Waals surface area contributed by atoms with Gasteiger partial charge >= 0.3 is 0 Å². The molecule has 0 spiro atoms. The minimum absolute atomic E-state index is 1.09. The summed E-state index contributed by atoms with van der Waals surface area (Å²) in [5.41, 5.74) is 25.0. The summed E-state index contributed by atoms with van der Waals surface area (Å²) in [4.78, 5) is 9.54. The van der Waals surface area contributed by atoms with Crippen LogP contribution >= 0.6 is 0 Å². The van der Waals surface area contributed by atoms with E-state index in [0.29, 0.717) is 0 Å². The molecule has 0 heterocycles. The maximum absolute atomic E-state index is 2.39. The van der Waals surface area contributed by atoms with Gasteiger partial charge in [-0.2, -0.15) is 0 Å². The third-order valence-electron chi connectivity index (χ3n) is 28.8. The van der Waals surface area contributed by atoms with Crippen LogP contribution in [0.3, 0.4) is 0 Å². The lowest BCUT2D eigenvalue weighted by atomic mass is 9.94. The fraction of sp³-hybridized carbons (Fsp3) is 0. The van der Waals surface area contributed by atoms with Crippen molar-refractivity contribution in [1.29, 1.82) is 0 Å². The monoisotopic (exact) mass is 1800 g/mol. The minimum Gasteiger partial charge on any atom is -0.310 e. The number of hydrogen-bond acceptors (Lipinski definition) is 4. The molecular weight excluding hydrogens is 1710 g/mol. The molecule has 0 fully saturated rings. The molecule has 0 N–H and O–H groups in total. The van der Waals surface area contributed by atoms with Crippen molar-refractivity contribution in [2.75, 3.05) is 19.6 Å². The second-order valence-corrected chi connectivity index (χ2v) is 36.9. The first-order chi connectivity index (χ1) is 70.4. The van der Waals surface area contributed by atoms with Gasteiger partial charge in [0.05, 0.1) is 0 Å². The Kier molecular flexibility index (Phi) is 21.3. The Balaban J connectivity index is 0.000000146. The third-order valence-corrected chi connectivity index (χ3v) is 28.8. The summed E-state index contributed by atoms with van der Waals surface area (Å²) in [7, 11) is 0. The van der Waals surface area contributed by atoms with Crippen LogP contribution in [0.15, 0.2) is 558 Å². The van der Waals surface area contributed by atoms with Gasteiger partial charge < -0.3 is 19.6 Å². The van der Waals surface area contributed by atoms with Gasteiger partial charge in [-0.25, -0.2) is 0 Å². The lowest BCUT2D eigenvalue weighted by molar-refractivity contribution is 1.28. The van der Waals surface area contributed by atoms with Gasteiger partial charge in [-0.05, 0) is 330 Å². The molecule has 0 radical (unpaired) electrons. The fourth-order valence-corrected chi connectivity index (χ4v) is 22.0. The molecule has 0 unspecified atom stereocenters. The summed E-state index contributed by atoms with van der Waals surface area (Å²) in [5, 5.41) is 30.3. The summed E-state index contributed by atoms with van der Waals surface area (Å²) < 4.78 is 0. The molecule has 0 aliphatic heterocycles. The molecule has 4 nitrogen and oxygen atoms in total. The maximum Gasteiger partial charge on any atom is 0.0468 e. The lowest BCUT2D eigenvalue weighted by Crippen LogP contribution is -2.10. The molecule has 0 aliphatic carbocycles. The van der Waals surface area contributed by atoms with Crippen molar-refractivity contribution in [3.05, 3.63) is 558 Å². The first-order valence-electron chi connectivity index (χ1n) is 48.9. The summed E-state index contributed by atoms with van der Waals surface area (Å²) in [6.45, 7) is 0. The molecule has 142 heavy (non-hydrogen) atoms. The minimum atomic E-state index is 1.09. The molecule has 27 rings (SSSR count). The second kappa shape index (κ2) is 36.1. The number of para-hydroxylation sites is 1. The average molecular weight is 1810 g/mol. The Labute approximate surface area is 824 Å². The van der Waals surface area contributed by atoms with Crippen molar-refractivity contribution in [3.8, 4) is 55.6 Å². The zero-order valence-electron chi connectivity index (χ0n) is 77.9.